The Bertz CT molecular complexity index is 576. The molecule has 3 rings (SSSR count). The molecular formula is C14H15F4N3O. The predicted molar refractivity (Wildman–Crippen MR) is 70.3 cm³/mol. The van der Waals surface area contributed by atoms with Gasteiger partial charge in [0.15, 0.2) is 0 Å². The summed E-state index contributed by atoms with van der Waals surface area (Å²) >= 11 is 0. The molecule has 0 unspecified atom stereocenters. The number of pyridine rings is 1. The molecule has 0 N–H and O–H groups in total. The van der Waals surface area contributed by atoms with Crippen molar-refractivity contribution in [2.45, 2.75) is 31.7 Å². The van der Waals surface area contributed by atoms with E-state index in [0.29, 0.717) is 25.8 Å². The van der Waals surface area contributed by atoms with Gasteiger partial charge in [-0.25, -0.2) is 0 Å². The Morgan fingerprint density at radius 3 is 2.05 bits per heavy atom. The zero-order valence-electron chi connectivity index (χ0n) is 11.8. The summed E-state index contributed by atoms with van der Waals surface area (Å²) < 4.78 is 53.8. The number of amides is 1. The van der Waals surface area contributed by atoms with Gasteiger partial charge in [-0.2, -0.15) is 22.5 Å². The van der Waals surface area contributed by atoms with Crippen LogP contribution in [0.5, 0.6) is 0 Å². The van der Waals surface area contributed by atoms with E-state index in [1.165, 1.54) is 4.90 Å². The Morgan fingerprint density at radius 2 is 1.55 bits per heavy atom. The van der Waals surface area contributed by atoms with Gasteiger partial charge in [0, 0.05) is 32.1 Å². The maximum atomic E-state index is 13.7. The summed E-state index contributed by atoms with van der Waals surface area (Å²) in [5.41, 5.74) is -0.712. The number of likely N-dealkylation sites (tertiary alicyclic amines) is 1. The lowest BCUT2D eigenvalue weighted by molar-refractivity contribution is -0.130. The molecule has 0 aromatic carbocycles. The second-order valence-electron chi connectivity index (χ2n) is 5.58. The van der Waals surface area contributed by atoms with Crippen LogP contribution in [0.2, 0.25) is 0 Å². The quantitative estimate of drug-likeness (QED) is 0.620. The lowest BCUT2D eigenvalue weighted by Gasteiger charge is -2.37. The number of rotatable bonds is 2. The summed E-state index contributed by atoms with van der Waals surface area (Å²) in [4.78, 5) is 17.3. The number of carbonyl (C=O) groups is 1. The van der Waals surface area contributed by atoms with E-state index in [-0.39, 0.29) is 25.0 Å². The third-order valence-electron chi connectivity index (χ3n) is 4.31. The average molecular weight is 317 g/mol. The van der Waals surface area contributed by atoms with Crippen molar-refractivity contribution in [3.63, 3.8) is 0 Å². The van der Waals surface area contributed by atoms with E-state index in [0.717, 1.165) is 6.42 Å². The largest absolute Gasteiger partial charge is 0.366 e. The van der Waals surface area contributed by atoms with Gasteiger partial charge in [0.2, 0.25) is 17.5 Å². The monoisotopic (exact) mass is 317 g/mol. The summed E-state index contributed by atoms with van der Waals surface area (Å²) in [7, 11) is 0. The van der Waals surface area contributed by atoms with Crippen LogP contribution < -0.4 is 4.90 Å². The fourth-order valence-electron chi connectivity index (χ4n) is 3.21. The fourth-order valence-corrected chi connectivity index (χ4v) is 3.21. The van der Waals surface area contributed by atoms with E-state index in [1.54, 1.807) is 4.90 Å². The van der Waals surface area contributed by atoms with Crippen LogP contribution in [-0.2, 0) is 4.79 Å². The average Bonchev–Trinajstić information content (AvgIpc) is 2.92. The maximum Gasteiger partial charge on any atom is 0.253 e. The van der Waals surface area contributed by atoms with Gasteiger partial charge in [0.1, 0.15) is 5.69 Å². The SMILES string of the molecule is O=C1CCCN1C1CCN(c2c(F)c(F)nc(F)c2F)CC1. The molecule has 2 aliphatic rings. The van der Waals surface area contributed by atoms with Crippen LogP contribution in [0, 0.1) is 23.5 Å². The normalized spacial score (nSPS) is 20.1. The molecule has 0 saturated carbocycles. The summed E-state index contributed by atoms with van der Waals surface area (Å²) in [5.74, 6) is -6.16. The smallest absolute Gasteiger partial charge is 0.253 e. The maximum absolute atomic E-state index is 13.7. The number of hydrogen-bond acceptors (Lipinski definition) is 3. The summed E-state index contributed by atoms with van der Waals surface area (Å²) in [5, 5.41) is 0. The van der Waals surface area contributed by atoms with Crippen molar-refractivity contribution in [1.29, 1.82) is 0 Å². The Hall–Kier alpha value is -1.86. The van der Waals surface area contributed by atoms with Gasteiger partial charge in [-0.15, -0.1) is 0 Å². The number of hydrogen-bond donors (Lipinski definition) is 0. The van der Waals surface area contributed by atoms with E-state index < -0.39 is 29.2 Å². The number of aromatic nitrogens is 1. The van der Waals surface area contributed by atoms with Gasteiger partial charge < -0.3 is 9.80 Å². The summed E-state index contributed by atoms with van der Waals surface area (Å²) in [6.07, 6.45) is 2.37. The summed E-state index contributed by atoms with van der Waals surface area (Å²) in [6, 6.07) is 0.0221. The molecule has 0 radical (unpaired) electrons. The van der Waals surface area contributed by atoms with E-state index in [4.69, 9.17) is 0 Å². The third-order valence-corrected chi connectivity index (χ3v) is 4.31. The molecule has 0 atom stereocenters. The molecule has 120 valence electrons. The molecule has 1 aromatic rings. The molecule has 22 heavy (non-hydrogen) atoms. The van der Waals surface area contributed by atoms with Gasteiger partial charge in [-0.1, -0.05) is 0 Å². The first-order valence-electron chi connectivity index (χ1n) is 7.23. The number of anilines is 1. The van der Waals surface area contributed by atoms with Crippen molar-refractivity contribution in [2.24, 2.45) is 0 Å². The van der Waals surface area contributed by atoms with Gasteiger partial charge in [-0.3, -0.25) is 4.79 Å². The standard InChI is InChI=1S/C14H15F4N3O/c15-10-12(11(16)14(18)19-13(10)17)20-6-3-8(4-7-20)21-5-1-2-9(21)22/h8H,1-7H2. The molecule has 4 nitrogen and oxygen atoms in total. The Kier molecular flexibility index (Phi) is 3.92. The molecule has 1 amide bonds. The number of halogens is 4. The lowest BCUT2D eigenvalue weighted by atomic mass is 10.0. The minimum atomic E-state index is -1.65. The molecular weight excluding hydrogens is 302 g/mol. The Balaban J connectivity index is 1.76. The first-order valence-corrected chi connectivity index (χ1v) is 7.23. The Morgan fingerprint density at radius 1 is 0.955 bits per heavy atom. The minimum Gasteiger partial charge on any atom is -0.366 e. The molecule has 3 heterocycles. The van der Waals surface area contributed by atoms with Gasteiger partial charge >= 0.3 is 0 Å². The highest BCUT2D eigenvalue weighted by molar-refractivity contribution is 5.78. The molecule has 2 aliphatic heterocycles. The topological polar surface area (TPSA) is 36.4 Å². The molecule has 1 aromatic heterocycles. The molecule has 0 bridgehead atoms. The van der Waals surface area contributed by atoms with Crippen LogP contribution >= 0.6 is 0 Å². The van der Waals surface area contributed by atoms with Crippen LogP contribution in [-0.4, -0.2) is 41.5 Å². The highest BCUT2D eigenvalue weighted by Gasteiger charge is 2.33. The van der Waals surface area contributed by atoms with Crippen molar-refractivity contribution in [3.8, 4) is 0 Å². The first-order chi connectivity index (χ1) is 10.5. The molecule has 2 saturated heterocycles. The van der Waals surface area contributed by atoms with E-state index in [2.05, 4.69) is 4.98 Å². The third kappa shape index (κ3) is 2.50. The van der Waals surface area contributed by atoms with Crippen LogP contribution in [0.4, 0.5) is 23.2 Å². The van der Waals surface area contributed by atoms with Crippen LogP contribution in [0.1, 0.15) is 25.7 Å². The first kappa shape index (κ1) is 15.1. The predicted octanol–water partition coefficient (Wildman–Crippen LogP) is 2.23. The zero-order valence-corrected chi connectivity index (χ0v) is 11.8. The van der Waals surface area contributed by atoms with E-state index in [9.17, 15) is 22.4 Å². The number of piperidine rings is 1. The highest BCUT2D eigenvalue weighted by Crippen LogP contribution is 2.30. The van der Waals surface area contributed by atoms with Crippen molar-refractivity contribution >= 4 is 11.6 Å². The molecule has 2 fully saturated rings. The van der Waals surface area contributed by atoms with Crippen molar-refractivity contribution in [2.75, 3.05) is 24.5 Å². The number of nitrogens with zero attached hydrogens (tertiary/aromatic N) is 3. The second-order valence-corrected chi connectivity index (χ2v) is 5.58. The number of carbonyl (C=O) groups excluding carboxylic acids is 1. The van der Waals surface area contributed by atoms with E-state index >= 15 is 0 Å². The van der Waals surface area contributed by atoms with Gasteiger partial charge in [0.25, 0.3) is 11.9 Å². The van der Waals surface area contributed by atoms with Gasteiger partial charge in [0.05, 0.1) is 0 Å². The molecule has 8 heteroatoms. The minimum absolute atomic E-state index is 0.0221. The van der Waals surface area contributed by atoms with E-state index in [1.807, 2.05) is 0 Å². The zero-order chi connectivity index (χ0) is 15.9. The molecule has 0 spiro atoms. The van der Waals surface area contributed by atoms with Crippen molar-refractivity contribution in [3.05, 3.63) is 23.5 Å². The molecule has 0 aliphatic carbocycles. The highest BCUT2D eigenvalue weighted by atomic mass is 19.2. The van der Waals surface area contributed by atoms with Crippen LogP contribution in [0.15, 0.2) is 0 Å². The Labute approximate surface area is 124 Å². The van der Waals surface area contributed by atoms with Crippen molar-refractivity contribution < 1.29 is 22.4 Å². The van der Waals surface area contributed by atoms with Crippen molar-refractivity contribution in [1.82, 2.24) is 9.88 Å². The van der Waals surface area contributed by atoms with Gasteiger partial charge in [-0.05, 0) is 19.3 Å². The van der Waals surface area contributed by atoms with Crippen LogP contribution in [0.3, 0.4) is 0 Å². The van der Waals surface area contributed by atoms with Crippen LogP contribution in [0.25, 0.3) is 0 Å². The second kappa shape index (κ2) is 5.73. The fraction of sp³-hybridized carbons (Fsp3) is 0.571. The summed E-state index contributed by atoms with van der Waals surface area (Å²) in [6.45, 7) is 1.15. The lowest BCUT2D eigenvalue weighted by Crippen LogP contribution is -2.46.